The molecule has 2 heterocycles. The van der Waals surface area contributed by atoms with E-state index in [1.165, 1.54) is 6.42 Å². The Balaban J connectivity index is 1.81. The number of likely N-dealkylation sites (tertiary alicyclic amines) is 2. The second kappa shape index (κ2) is 7.02. The van der Waals surface area contributed by atoms with Gasteiger partial charge in [0.15, 0.2) is 0 Å². The molecule has 3 atom stereocenters. The summed E-state index contributed by atoms with van der Waals surface area (Å²) in [5.74, 6) is 0.683. The summed E-state index contributed by atoms with van der Waals surface area (Å²) in [5.41, 5.74) is 0. The summed E-state index contributed by atoms with van der Waals surface area (Å²) in [6, 6.07) is 1.24. The van der Waals surface area contributed by atoms with Crippen molar-refractivity contribution in [3.8, 4) is 0 Å². The van der Waals surface area contributed by atoms with Crippen LogP contribution in [0.25, 0.3) is 0 Å². The minimum atomic E-state index is -0.0820. The van der Waals surface area contributed by atoms with Crippen LogP contribution in [0.4, 0.5) is 0 Å². The minimum Gasteiger partial charge on any atom is -0.396 e. The van der Waals surface area contributed by atoms with Crippen molar-refractivity contribution >= 4 is 0 Å². The van der Waals surface area contributed by atoms with Gasteiger partial charge in [0.2, 0.25) is 0 Å². The molecule has 19 heavy (non-hydrogen) atoms. The topological polar surface area (TPSA) is 46.9 Å². The molecular formula is C15H30N2O2. The van der Waals surface area contributed by atoms with Gasteiger partial charge in [-0.3, -0.25) is 4.90 Å². The van der Waals surface area contributed by atoms with Crippen molar-refractivity contribution in [3.63, 3.8) is 0 Å². The molecule has 0 aliphatic carbocycles. The Morgan fingerprint density at radius 3 is 2.53 bits per heavy atom. The largest absolute Gasteiger partial charge is 0.396 e. The van der Waals surface area contributed by atoms with E-state index in [0.717, 1.165) is 45.4 Å². The summed E-state index contributed by atoms with van der Waals surface area (Å²) in [6.07, 6.45) is 3.92. The van der Waals surface area contributed by atoms with Gasteiger partial charge in [-0.1, -0.05) is 6.92 Å². The quantitative estimate of drug-likeness (QED) is 0.753. The van der Waals surface area contributed by atoms with Crippen molar-refractivity contribution in [2.45, 2.75) is 57.7 Å². The molecule has 2 aliphatic heterocycles. The van der Waals surface area contributed by atoms with Gasteiger partial charge in [0.1, 0.15) is 0 Å². The first kappa shape index (κ1) is 15.2. The Kier molecular flexibility index (Phi) is 5.63. The Morgan fingerprint density at radius 1 is 1.26 bits per heavy atom. The van der Waals surface area contributed by atoms with E-state index in [0.29, 0.717) is 24.6 Å². The van der Waals surface area contributed by atoms with Gasteiger partial charge in [0.05, 0.1) is 6.10 Å². The molecule has 0 spiro atoms. The maximum Gasteiger partial charge on any atom is 0.0564 e. The second-order valence-electron chi connectivity index (χ2n) is 6.28. The fourth-order valence-corrected chi connectivity index (χ4v) is 3.70. The number of nitrogens with zero attached hydrogens (tertiary/aromatic N) is 2. The number of rotatable bonds is 6. The summed E-state index contributed by atoms with van der Waals surface area (Å²) >= 11 is 0. The third-order valence-corrected chi connectivity index (χ3v) is 5.09. The van der Waals surface area contributed by atoms with Crippen LogP contribution in [0.5, 0.6) is 0 Å². The highest BCUT2D eigenvalue weighted by Gasteiger charge is 2.38. The first-order chi connectivity index (χ1) is 9.15. The summed E-state index contributed by atoms with van der Waals surface area (Å²) in [4.78, 5) is 5.06. The number of aliphatic hydroxyl groups is 2. The molecule has 3 unspecified atom stereocenters. The molecule has 0 aromatic heterocycles. The molecule has 2 rings (SSSR count). The van der Waals surface area contributed by atoms with Crippen molar-refractivity contribution in [2.75, 3.05) is 32.8 Å². The maximum absolute atomic E-state index is 9.58. The van der Waals surface area contributed by atoms with Crippen LogP contribution in [-0.2, 0) is 0 Å². The zero-order valence-electron chi connectivity index (χ0n) is 12.5. The van der Waals surface area contributed by atoms with Gasteiger partial charge >= 0.3 is 0 Å². The first-order valence-corrected chi connectivity index (χ1v) is 7.92. The molecule has 2 aliphatic rings. The van der Waals surface area contributed by atoms with Crippen LogP contribution >= 0.6 is 0 Å². The van der Waals surface area contributed by atoms with E-state index in [-0.39, 0.29) is 6.10 Å². The van der Waals surface area contributed by atoms with Gasteiger partial charge in [-0.2, -0.15) is 0 Å². The number of piperidine rings is 1. The molecule has 4 heteroatoms. The lowest BCUT2D eigenvalue weighted by Gasteiger charge is -2.50. The van der Waals surface area contributed by atoms with Crippen LogP contribution in [0, 0.1) is 5.92 Å². The Morgan fingerprint density at radius 2 is 1.95 bits per heavy atom. The molecule has 2 N–H and O–H groups in total. The fourth-order valence-electron chi connectivity index (χ4n) is 3.70. The molecular weight excluding hydrogens is 240 g/mol. The van der Waals surface area contributed by atoms with Gasteiger partial charge < -0.3 is 15.1 Å². The van der Waals surface area contributed by atoms with Crippen LogP contribution in [-0.4, -0.2) is 71.0 Å². The minimum absolute atomic E-state index is 0.0820. The molecule has 4 nitrogen and oxygen atoms in total. The highest BCUT2D eigenvalue weighted by Crippen LogP contribution is 2.32. The van der Waals surface area contributed by atoms with E-state index in [1.807, 2.05) is 0 Å². The Hall–Kier alpha value is -0.160. The van der Waals surface area contributed by atoms with E-state index in [9.17, 15) is 5.11 Å². The molecule has 0 bridgehead atoms. The maximum atomic E-state index is 9.58. The first-order valence-electron chi connectivity index (χ1n) is 7.92. The molecule has 0 saturated carbocycles. The number of hydrogen-bond donors (Lipinski definition) is 2. The average molecular weight is 270 g/mol. The summed E-state index contributed by atoms with van der Waals surface area (Å²) in [5, 5.41) is 18.7. The third-order valence-electron chi connectivity index (χ3n) is 5.09. The normalized spacial score (nSPS) is 32.2. The van der Waals surface area contributed by atoms with Crippen LogP contribution < -0.4 is 0 Å². The zero-order chi connectivity index (χ0) is 13.8. The monoisotopic (exact) mass is 270 g/mol. The van der Waals surface area contributed by atoms with Crippen molar-refractivity contribution in [1.82, 2.24) is 9.80 Å². The van der Waals surface area contributed by atoms with Gasteiger partial charge in [-0.15, -0.1) is 0 Å². The highest BCUT2D eigenvalue weighted by molar-refractivity contribution is 4.93. The molecule has 0 radical (unpaired) electrons. The van der Waals surface area contributed by atoms with Gasteiger partial charge in [-0.05, 0) is 45.1 Å². The van der Waals surface area contributed by atoms with Crippen LogP contribution in [0.3, 0.4) is 0 Å². The molecule has 0 aromatic rings. The number of hydrogen-bond acceptors (Lipinski definition) is 4. The number of aliphatic hydroxyl groups excluding tert-OH is 2. The highest BCUT2D eigenvalue weighted by atomic mass is 16.3. The predicted octanol–water partition coefficient (Wildman–Crippen LogP) is 0.924. The van der Waals surface area contributed by atoms with Crippen LogP contribution in [0.2, 0.25) is 0 Å². The van der Waals surface area contributed by atoms with Crippen molar-refractivity contribution < 1.29 is 10.2 Å². The molecule has 0 aromatic carbocycles. The lowest BCUT2D eigenvalue weighted by molar-refractivity contribution is -0.0203. The molecule has 2 fully saturated rings. The third kappa shape index (κ3) is 3.69. The SMILES string of the molecule is CCN1CC(CCO)C1CC(C)N1CCC(O)CC1. The lowest BCUT2D eigenvalue weighted by atomic mass is 9.82. The van der Waals surface area contributed by atoms with E-state index in [1.54, 1.807) is 0 Å². The Labute approximate surface area is 117 Å². The molecule has 2 saturated heterocycles. The van der Waals surface area contributed by atoms with Gasteiger partial charge in [-0.25, -0.2) is 0 Å². The second-order valence-corrected chi connectivity index (χ2v) is 6.28. The smallest absolute Gasteiger partial charge is 0.0564 e. The van der Waals surface area contributed by atoms with Gasteiger partial charge in [0.25, 0.3) is 0 Å². The summed E-state index contributed by atoms with van der Waals surface area (Å²) in [7, 11) is 0. The van der Waals surface area contributed by atoms with Crippen molar-refractivity contribution in [1.29, 1.82) is 0 Å². The van der Waals surface area contributed by atoms with Crippen molar-refractivity contribution in [2.24, 2.45) is 5.92 Å². The average Bonchev–Trinajstić information content (AvgIpc) is 2.41. The predicted molar refractivity (Wildman–Crippen MR) is 77.1 cm³/mol. The fraction of sp³-hybridized carbons (Fsp3) is 1.00. The van der Waals surface area contributed by atoms with Crippen LogP contribution in [0.1, 0.15) is 39.5 Å². The van der Waals surface area contributed by atoms with Gasteiger partial charge in [0, 0.05) is 38.3 Å². The zero-order valence-corrected chi connectivity index (χ0v) is 12.5. The van der Waals surface area contributed by atoms with Crippen molar-refractivity contribution in [3.05, 3.63) is 0 Å². The summed E-state index contributed by atoms with van der Waals surface area (Å²) < 4.78 is 0. The molecule has 112 valence electrons. The lowest BCUT2D eigenvalue weighted by Crippen LogP contribution is -2.58. The van der Waals surface area contributed by atoms with E-state index < -0.39 is 0 Å². The standard InChI is InChI=1S/C15H30N2O2/c1-3-16-11-13(6-9-18)15(16)10-12(2)17-7-4-14(19)5-8-17/h12-15,18-19H,3-11H2,1-2H3. The van der Waals surface area contributed by atoms with E-state index in [4.69, 9.17) is 5.11 Å². The Bertz CT molecular complexity index is 267. The van der Waals surface area contributed by atoms with Crippen LogP contribution in [0.15, 0.2) is 0 Å². The van der Waals surface area contributed by atoms with E-state index >= 15 is 0 Å². The molecule has 0 amide bonds. The summed E-state index contributed by atoms with van der Waals surface area (Å²) in [6.45, 7) is 9.22. The van der Waals surface area contributed by atoms with E-state index in [2.05, 4.69) is 23.6 Å².